The highest BCUT2D eigenvalue weighted by Crippen LogP contribution is 2.19. The Bertz CT molecular complexity index is 719. The van der Waals surface area contributed by atoms with Crippen LogP contribution in [0.1, 0.15) is 25.0 Å². The van der Waals surface area contributed by atoms with Crippen LogP contribution in [0, 0.1) is 0 Å². The number of nitrogens with zero attached hydrogens (tertiary/aromatic N) is 4. The first-order chi connectivity index (χ1) is 12.3. The number of nitrogens with one attached hydrogen (secondary N) is 2. The average Bonchev–Trinajstić information content (AvgIpc) is 3.22. The van der Waals surface area contributed by atoms with Crippen LogP contribution in [0.2, 0.25) is 5.02 Å². The molecule has 0 radical (unpaired) electrons. The Morgan fingerprint density at radius 2 is 2.08 bits per heavy atom. The zero-order chi connectivity index (χ0) is 17.5. The molecule has 1 aliphatic heterocycles. The van der Waals surface area contributed by atoms with E-state index < -0.39 is 0 Å². The number of halogens is 2. The van der Waals surface area contributed by atoms with Gasteiger partial charge in [-0.1, -0.05) is 11.6 Å². The van der Waals surface area contributed by atoms with Gasteiger partial charge in [-0.25, -0.2) is 4.99 Å². The molecule has 1 aromatic carbocycles. The number of aryl methyl sites for hydroxylation is 1. The monoisotopic (exact) mass is 506 g/mol. The minimum absolute atomic E-state index is 0. The van der Waals surface area contributed by atoms with E-state index in [0.29, 0.717) is 6.54 Å². The maximum Gasteiger partial charge on any atom is 0.191 e. The van der Waals surface area contributed by atoms with Crippen molar-refractivity contribution in [2.24, 2.45) is 4.99 Å². The van der Waals surface area contributed by atoms with E-state index in [1.165, 1.54) is 4.90 Å². The number of fused-ring (bicyclic) bond motifs is 1. The van der Waals surface area contributed by atoms with Crippen molar-refractivity contribution < 1.29 is 0 Å². The summed E-state index contributed by atoms with van der Waals surface area (Å²) in [6.07, 6.45) is 2.18. The molecule has 2 aromatic rings. The molecule has 0 atom stereocenters. The third-order valence-corrected chi connectivity index (χ3v) is 5.15. The highest BCUT2D eigenvalue weighted by Gasteiger charge is 2.16. The van der Waals surface area contributed by atoms with E-state index in [9.17, 15) is 0 Å². The molecule has 0 saturated carbocycles. The van der Waals surface area contributed by atoms with E-state index in [1.54, 1.807) is 11.8 Å². The predicted molar refractivity (Wildman–Crippen MR) is 119 cm³/mol. The van der Waals surface area contributed by atoms with Crippen LogP contribution in [-0.4, -0.2) is 39.6 Å². The number of rotatable bonds is 7. The second-order valence-corrected chi connectivity index (χ2v) is 7.32. The molecule has 0 bridgehead atoms. The zero-order valence-electron chi connectivity index (χ0n) is 14.7. The number of hydrogen-bond acceptors (Lipinski definition) is 4. The van der Waals surface area contributed by atoms with Crippen LogP contribution in [0.15, 0.2) is 34.2 Å². The molecular weight excluding hydrogens is 483 g/mol. The van der Waals surface area contributed by atoms with Gasteiger partial charge in [0.1, 0.15) is 12.4 Å². The van der Waals surface area contributed by atoms with Gasteiger partial charge in [-0.15, -0.1) is 45.9 Å². The molecule has 9 heteroatoms. The van der Waals surface area contributed by atoms with Crippen molar-refractivity contribution in [3.63, 3.8) is 0 Å². The first-order valence-corrected chi connectivity index (χ1v) is 9.94. The van der Waals surface area contributed by atoms with Crippen molar-refractivity contribution in [3.8, 4) is 0 Å². The molecule has 142 valence electrons. The summed E-state index contributed by atoms with van der Waals surface area (Å²) in [4.78, 5) is 5.85. The van der Waals surface area contributed by atoms with E-state index >= 15 is 0 Å². The van der Waals surface area contributed by atoms with Crippen LogP contribution in [0.3, 0.4) is 0 Å². The molecule has 0 fully saturated rings. The minimum atomic E-state index is 0. The van der Waals surface area contributed by atoms with Crippen molar-refractivity contribution in [1.29, 1.82) is 0 Å². The Balaban J connectivity index is 0.00000243. The second kappa shape index (κ2) is 11.0. The summed E-state index contributed by atoms with van der Waals surface area (Å²) in [7, 11) is 0. The van der Waals surface area contributed by atoms with Crippen LogP contribution in [0.4, 0.5) is 0 Å². The quantitative estimate of drug-likeness (QED) is 0.198. The van der Waals surface area contributed by atoms with Crippen molar-refractivity contribution in [2.75, 3.05) is 18.8 Å². The molecule has 1 aliphatic rings. The molecule has 0 amide bonds. The van der Waals surface area contributed by atoms with Crippen LogP contribution in [0.25, 0.3) is 0 Å². The fraction of sp³-hybridized carbons (Fsp3) is 0.471. The van der Waals surface area contributed by atoms with Crippen LogP contribution >= 0.6 is 47.3 Å². The maximum absolute atomic E-state index is 5.90. The molecule has 0 unspecified atom stereocenters. The highest BCUT2D eigenvalue weighted by atomic mass is 127. The van der Waals surface area contributed by atoms with Gasteiger partial charge >= 0.3 is 0 Å². The summed E-state index contributed by atoms with van der Waals surface area (Å²) in [5.41, 5.74) is 0. The van der Waals surface area contributed by atoms with Gasteiger partial charge in [-0.05, 0) is 37.6 Å². The second-order valence-electron chi connectivity index (χ2n) is 5.71. The van der Waals surface area contributed by atoms with Gasteiger partial charge in [0.2, 0.25) is 0 Å². The lowest BCUT2D eigenvalue weighted by Gasteiger charge is -2.11. The molecular formula is C17H24ClIN6S. The van der Waals surface area contributed by atoms with Gasteiger partial charge < -0.3 is 15.2 Å². The summed E-state index contributed by atoms with van der Waals surface area (Å²) < 4.78 is 2.18. The van der Waals surface area contributed by atoms with Gasteiger partial charge in [-0.2, -0.15) is 0 Å². The average molecular weight is 507 g/mol. The molecule has 3 rings (SSSR count). The maximum atomic E-state index is 5.90. The van der Waals surface area contributed by atoms with Gasteiger partial charge in [0.25, 0.3) is 0 Å². The van der Waals surface area contributed by atoms with Crippen molar-refractivity contribution in [2.45, 2.75) is 37.8 Å². The smallest absolute Gasteiger partial charge is 0.191 e. The Morgan fingerprint density at radius 1 is 1.27 bits per heavy atom. The number of hydrogen-bond donors (Lipinski definition) is 2. The third kappa shape index (κ3) is 6.02. The number of benzene rings is 1. The molecule has 6 nitrogen and oxygen atoms in total. The van der Waals surface area contributed by atoms with Crippen molar-refractivity contribution >= 4 is 53.3 Å². The van der Waals surface area contributed by atoms with Gasteiger partial charge in [0, 0.05) is 41.7 Å². The Morgan fingerprint density at radius 3 is 2.85 bits per heavy atom. The lowest BCUT2D eigenvalue weighted by atomic mass is 10.4. The number of aromatic nitrogens is 3. The van der Waals surface area contributed by atoms with Crippen molar-refractivity contribution in [3.05, 3.63) is 40.9 Å². The largest absolute Gasteiger partial charge is 0.357 e. The fourth-order valence-corrected chi connectivity index (χ4v) is 3.58. The molecule has 1 aromatic heterocycles. The Hall–Kier alpha value is -1.000. The third-order valence-electron chi connectivity index (χ3n) is 3.89. The molecule has 0 aliphatic carbocycles. The van der Waals surface area contributed by atoms with E-state index in [4.69, 9.17) is 11.6 Å². The summed E-state index contributed by atoms with van der Waals surface area (Å²) in [6.45, 7) is 5.28. The van der Waals surface area contributed by atoms with Crippen LogP contribution < -0.4 is 10.6 Å². The number of guanidine groups is 1. The number of aliphatic imine (C=N–C) groups is 1. The molecule has 0 spiro atoms. The van der Waals surface area contributed by atoms with E-state index in [2.05, 4.69) is 37.3 Å². The highest BCUT2D eigenvalue weighted by molar-refractivity contribution is 14.0. The summed E-state index contributed by atoms with van der Waals surface area (Å²) in [5, 5.41) is 15.9. The first kappa shape index (κ1) is 21.3. The molecule has 2 heterocycles. The van der Waals surface area contributed by atoms with Gasteiger partial charge in [0.05, 0.1) is 0 Å². The topological polar surface area (TPSA) is 67.1 Å². The molecule has 26 heavy (non-hydrogen) atoms. The SMILES string of the molecule is CCNC(=NCc1nnc2n1CCC2)NCCSc1ccc(Cl)cc1.I. The van der Waals surface area contributed by atoms with E-state index in [-0.39, 0.29) is 24.0 Å². The van der Waals surface area contributed by atoms with E-state index in [1.807, 2.05) is 24.3 Å². The van der Waals surface area contributed by atoms with E-state index in [0.717, 1.165) is 60.9 Å². The summed E-state index contributed by atoms with van der Waals surface area (Å²) >= 11 is 7.70. The van der Waals surface area contributed by atoms with Gasteiger partial charge in [0.15, 0.2) is 11.8 Å². The molecule has 0 saturated heterocycles. The minimum Gasteiger partial charge on any atom is -0.357 e. The van der Waals surface area contributed by atoms with Crippen LogP contribution in [-0.2, 0) is 19.5 Å². The standard InChI is InChI=1S/C17H23ClN6S.HI/c1-2-19-17(20-9-11-25-14-7-5-13(18)6-8-14)21-12-16-23-22-15-4-3-10-24(15)16;/h5-8H,2-4,9-12H2,1H3,(H2,19,20,21);1H. The fourth-order valence-electron chi connectivity index (χ4n) is 2.69. The van der Waals surface area contributed by atoms with Crippen molar-refractivity contribution in [1.82, 2.24) is 25.4 Å². The first-order valence-electron chi connectivity index (χ1n) is 8.57. The van der Waals surface area contributed by atoms with Crippen LogP contribution in [0.5, 0.6) is 0 Å². The summed E-state index contributed by atoms with van der Waals surface area (Å²) in [6, 6.07) is 7.91. The lowest BCUT2D eigenvalue weighted by Crippen LogP contribution is -2.38. The molecule has 2 N–H and O–H groups in total. The number of thioether (sulfide) groups is 1. The predicted octanol–water partition coefficient (Wildman–Crippen LogP) is 3.34. The zero-order valence-corrected chi connectivity index (χ0v) is 18.6. The normalized spacial score (nSPS) is 13.2. The van der Waals surface area contributed by atoms with Gasteiger partial charge in [-0.3, -0.25) is 0 Å². The lowest BCUT2D eigenvalue weighted by molar-refractivity contribution is 0.685. The Kier molecular flexibility index (Phi) is 9.00. The summed E-state index contributed by atoms with van der Waals surface area (Å²) in [5.74, 6) is 3.80. The Labute approximate surface area is 180 Å².